The van der Waals surface area contributed by atoms with E-state index in [1.807, 2.05) is 0 Å². The quantitative estimate of drug-likeness (QED) is 0.665. The third-order valence-corrected chi connectivity index (χ3v) is 2.94. The standard InChI is InChI=1S/C9H17BrO/c1-2-4-8-5-3-6-9(7-10)11-8/h8-9H,2-7H2,1H3. The number of alkyl halides is 1. The molecule has 1 heterocycles. The van der Waals surface area contributed by atoms with Crippen molar-refractivity contribution in [2.24, 2.45) is 0 Å². The number of halogens is 1. The molecule has 2 heteroatoms. The first-order valence-corrected chi connectivity index (χ1v) is 5.70. The zero-order valence-electron chi connectivity index (χ0n) is 7.18. The van der Waals surface area contributed by atoms with E-state index >= 15 is 0 Å². The van der Waals surface area contributed by atoms with Gasteiger partial charge in [-0.05, 0) is 25.7 Å². The van der Waals surface area contributed by atoms with Crippen molar-refractivity contribution in [2.75, 3.05) is 5.33 Å². The van der Waals surface area contributed by atoms with E-state index in [9.17, 15) is 0 Å². The summed E-state index contributed by atoms with van der Waals surface area (Å²) in [6.45, 7) is 2.22. The van der Waals surface area contributed by atoms with Gasteiger partial charge in [0, 0.05) is 5.33 Å². The number of hydrogen-bond acceptors (Lipinski definition) is 1. The normalized spacial score (nSPS) is 32.2. The van der Waals surface area contributed by atoms with Crippen LogP contribution in [0.5, 0.6) is 0 Å². The van der Waals surface area contributed by atoms with Crippen LogP contribution in [0.1, 0.15) is 39.0 Å². The topological polar surface area (TPSA) is 9.23 Å². The van der Waals surface area contributed by atoms with Crippen molar-refractivity contribution in [1.82, 2.24) is 0 Å². The molecule has 2 unspecified atom stereocenters. The molecular weight excluding hydrogens is 204 g/mol. The van der Waals surface area contributed by atoms with Crippen LogP contribution >= 0.6 is 15.9 Å². The molecule has 0 bridgehead atoms. The van der Waals surface area contributed by atoms with Crippen molar-refractivity contribution in [1.29, 1.82) is 0 Å². The van der Waals surface area contributed by atoms with Crippen molar-refractivity contribution in [2.45, 2.75) is 51.2 Å². The van der Waals surface area contributed by atoms with Crippen LogP contribution in [-0.2, 0) is 4.74 Å². The average molecular weight is 221 g/mol. The molecule has 0 radical (unpaired) electrons. The fourth-order valence-corrected chi connectivity index (χ4v) is 2.11. The minimum absolute atomic E-state index is 0.486. The monoisotopic (exact) mass is 220 g/mol. The van der Waals surface area contributed by atoms with Crippen molar-refractivity contribution in [3.05, 3.63) is 0 Å². The highest BCUT2D eigenvalue weighted by Crippen LogP contribution is 2.22. The van der Waals surface area contributed by atoms with Gasteiger partial charge in [0.2, 0.25) is 0 Å². The maximum atomic E-state index is 5.83. The van der Waals surface area contributed by atoms with Crippen molar-refractivity contribution in [3.63, 3.8) is 0 Å². The summed E-state index contributed by atoms with van der Waals surface area (Å²) < 4.78 is 5.83. The summed E-state index contributed by atoms with van der Waals surface area (Å²) in [6, 6.07) is 0. The zero-order chi connectivity index (χ0) is 8.10. The first kappa shape index (κ1) is 9.53. The van der Waals surface area contributed by atoms with Crippen molar-refractivity contribution in [3.8, 4) is 0 Å². The number of ether oxygens (including phenoxy) is 1. The Morgan fingerprint density at radius 2 is 2.09 bits per heavy atom. The van der Waals surface area contributed by atoms with E-state index in [1.165, 1.54) is 32.1 Å². The molecule has 66 valence electrons. The molecular formula is C9H17BrO. The lowest BCUT2D eigenvalue weighted by molar-refractivity contribution is -0.0403. The minimum atomic E-state index is 0.486. The van der Waals surface area contributed by atoms with E-state index in [2.05, 4.69) is 22.9 Å². The van der Waals surface area contributed by atoms with Crippen LogP contribution in [0.25, 0.3) is 0 Å². The van der Waals surface area contributed by atoms with E-state index in [0.717, 1.165) is 5.33 Å². The van der Waals surface area contributed by atoms with Gasteiger partial charge in [0.25, 0.3) is 0 Å². The van der Waals surface area contributed by atoms with Gasteiger partial charge in [0.05, 0.1) is 12.2 Å². The Bertz CT molecular complexity index is 104. The summed E-state index contributed by atoms with van der Waals surface area (Å²) in [7, 11) is 0. The van der Waals surface area contributed by atoms with Gasteiger partial charge in [0.15, 0.2) is 0 Å². The molecule has 2 atom stereocenters. The molecule has 0 spiro atoms. The molecule has 0 saturated carbocycles. The number of rotatable bonds is 3. The summed E-state index contributed by atoms with van der Waals surface area (Å²) in [6.07, 6.45) is 7.39. The molecule has 0 aromatic rings. The summed E-state index contributed by atoms with van der Waals surface area (Å²) >= 11 is 3.46. The Kier molecular flexibility index (Phi) is 4.46. The molecule has 0 aromatic carbocycles. The van der Waals surface area contributed by atoms with Gasteiger partial charge in [-0.1, -0.05) is 29.3 Å². The third kappa shape index (κ3) is 3.12. The first-order chi connectivity index (χ1) is 5.36. The van der Waals surface area contributed by atoms with E-state index in [0.29, 0.717) is 12.2 Å². The van der Waals surface area contributed by atoms with E-state index < -0.39 is 0 Å². The molecule has 1 aliphatic rings. The van der Waals surface area contributed by atoms with Gasteiger partial charge in [-0.15, -0.1) is 0 Å². The second-order valence-corrected chi connectivity index (χ2v) is 3.90. The Morgan fingerprint density at radius 3 is 2.73 bits per heavy atom. The lowest BCUT2D eigenvalue weighted by Crippen LogP contribution is -2.28. The molecule has 1 rings (SSSR count). The smallest absolute Gasteiger partial charge is 0.0675 e. The predicted octanol–water partition coefficient (Wildman–Crippen LogP) is 3.12. The fourth-order valence-electron chi connectivity index (χ4n) is 1.63. The maximum Gasteiger partial charge on any atom is 0.0675 e. The molecule has 0 aromatic heterocycles. The summed E-state index contributed by atoms with van der Waals surface area (Å²) in [5, 5.41) is 1.01. The Morgan fingerprint density at radius 1 is 1.36 bits per heavy atom. The molecule has 1 saturated heterocycles. The molecule has 11 heavy (non-hydrogen) atoms. The van der Waals surface area contributed by atoms with Crippen LogP contribution in [0.2, 0.25) is 0 Å². The van der Waals surface area contributed by atoms with Crippen LogP contribution in [0.4, 0.5) is 0 Å². The van der Waals surface area contributed by atoms with Crippen LogP contribution < -0.4 is 0 Å². The summed E-state index contributed by atoms with van der Waals surface area (Å²) in [5.41, 5.74) is 0. The van der Waals surface area contributed by atoms with Gasteiger partial charge in [0.1, 0.15) is 0 Å². The van der Waals surface area contributed by atoms with Crippen molar-refractivity contribution >= 4 is 15.9 Å². The fraction of sp³-hybridized carbons (Fsp3) is 1.00. The highest BCUT2D eigenvalue weighted by atomic mass is 79.9. The van der Waals surface area contributed by atoms with Gasteiger partial charge in [-0.2, -0.15) is 0 Å². The summed E-state index contributed by atoms with van der Waals surface area (Å²) in [5.74, 6) is 0. The van der Waals surface area contributed by atoms with Crippen LogP contribution in [0.15, 0.2) is 0 Å². The Labute approximate surface area is 77.6 Å². The third-order valence-electron chi connectivity index (χ3n) is 2.22. The van der Waals surface area contributed by atoms with E-state index in [1.54, 1.807) is 0 Å². The maximum absolute atomic E-state index is 5.83. The molecule has 1 aliphatic heterocycles. The van der Waals surface area contributed by atoms with Crippen LogP contribution in [0, 0.1) is 0 Å². The van der Waals surface area contributed by atoms with Gasteiger partial charge < -0.3 is 4.74 Å². The van der Waals surface area contributed by atoms with Gasteiger partial charge in [-0.3, -0.25) is 0 Å². The minimum Gasteiger partial charge on any atom is -0.374 e. The SMILES string of the molecule is CCCC1CCCC(CBr)O1. The lowest BCUT2D eigenvalue weighted by Gasteiger charge is -2.28. The van der Waals surface area contributed by atoms with Crippen molar-refractivity contribution < 1.29 is 4.74 Å². The first-order valence-electron chi connectivity index (χ1n) is 4.58. The van der Waals surface area contributed by atoms with Crippen LogP contribution in [-0.4, -0.2) is 17.5 Å². The predicted molar refractivity (Wildman–Crippen MR) is 51.2 cm³/mol. The van der Waals surface area contributed by atoms with E-state index in [4.69, 9.17) is 4.74 Å². The Balaban J connectivity index is 2.21. The Hall–Kier alpha value is 0.440. The lowest BCUT2D eigenvalue weighted by atomic mass is 10.0. The summed E-state index contributed by atoms with van der Waals surface area (Å²) in [4.78, 5) is 0. The number of hydrogen-bond donors (Lipinski definition) is 0. The van der Waals surface area contributed by atoms with Crippen LogP contribution in [0.3, 0.4) is 0 Å². The molecule has 1 nitrogen and oxygen atoms in total. The highest BCUT2D eigenvalue weighted by Gasteiger charge is 2.20. The molecule has 0 aliphatic carbocycles. The van der Waals surface area contributed by atoms with Gasteiger partial charge in [-0.25, -0.2) is 0 Å². The largest absolute Gasteiger partial charge is 0.374 e. The van der Waals surface area contributed by atoms with E-state index in [-0.39, 0.29) is 0 Å². The molecule has 1 fully saturated rings. The highest BCUT2D eigenvalue weighted by molar-refractivity contribution is 9.09. The average Bonchev–Trinajstić information content (AvgIpc) is 2.06. The zero-order valence-corrected chi connectivity index (χ0v) is 8.77. The van der Waals surface area contributed by atoms with Gasteiger partial charge >= 0.3 is 0 Å². The second-order valence-electron chi connectivity index (χ2n) is 3.25. The molecule has 0 N–H and O–H groups in total. The second kappa shape index (κ2) is 5.15. The molecule has 0 amide bonds.